The number of allylic oxidation sites excluding steroid dienone is 1. The van der Waals surface area contributed by atoms with Gasteiger partial charge in [-0.25, -0.2) is 4.98 Å². The van der Waals surface area contributed by atoms with Crippen molar-refractivity contribution in [3.63, 3.8) is 0 Å². The second-order valence-corrected chi connectivity index (χ2v) is 7.00. The lowest BCUT2D eigenvalue weighted by Crippen LogP contribution is -1.94. The molecule has 0 saturated heterocycles. The van der Waals surface area contributed by atoms with E-state index in [1.807, 2.05) is 73.1 Å². The van der Waals surface area contributed by atoms with Gasteiger partial charge in [0.1, 0.15) is 11.1 Å². The van der Waals surface area contributed by atoms with E-state index in [2.05, 4.69) is 33.8 Å². The third-order valence-corrected chi connectivity index (χ3v) is 5.32. The molecule has 2 aromatic carbocycles. The molecule has 0 unspecified atom stereocenters. The van der Waals surface area contributed by atoms with Crippen LogP contribution >= 0.6 is 11.3 Å². The van der Waals surface area contributed by atoms with Gasteiger partial charge in [-0.1, -0.05) is 60.7 Å². The molecule has 0 atom stereocenters. The highest BCUT2D eigenvalue weighted by Crippen LogP contribution is 2.28. The SMILES string of the molecule is Cn1c(/C=C(\C#N)c2nc(-c3ccccc3)cs2)ccc1-c1ccccc1. The zero-order valence-electron chi connectivity index (χ0n) is 14.8. The van der Waals surface area contributed by atoms with E-state index in [-0.39, 0.29) is 0 Å². The minimum Gasteiger partial charge on any atom is -0.344 e. The minimum absolute atomic E-state index is 0.572. The van der Waals surface area contributed by atoms with Crippen molar-refractivity contribution in [3.05, 3.63) is 88.9 Å². The number of hydrogen-bond donors (Lipinski definition) is 0. The fraction of sp³-hybridized carbons (Fsp3) is 0.0435. The molecule has 0 bridgehead atoms. The lowest BCUT2D eigenvalue weighted by molar-refractivity contribution is 0.924. The standard InChI is InChI=1S/C23H17N3S/c1-26-20(12-13-22(26)18-10-6-3-7-11-18)14-19(15-24)23-25-21(16-27-23)17-8-4-2-5-9-17/h2-14,16H,1H3/b19-14+. The molecule has 4 heteroatoms. The molecular formula is C23H17N3S. The van der Waals surface area contributed by atoms with Crippen molar-refractivity contribution in [2.45, 2.75) is 0 Å². The van der Waals surface area contributed by atoms with Gasteiger partial charge in [0.2, 0.25) is 0 Å². The topological polar surface area (TPSA) is 41.6 Å². The summed E-state index contributed by atoms with van der Waals surface area (Å²) in [5.74, 6) is 0. The van der Waals surface area contributed by atoms with Crippen LogP contribution in [0.5, 0.6) is 0 Å². The van der Waals surface area contributed by atoms with Crippen LogP contribution in [-0.2, 0) is 7.05 Å². The normalized spacial score (nSPS) is 11.3. The molecule has 0 aliphatic heterocycles. The summed E-state index contributed by atoms with van der Waals surface area (Å²) in [6.45, 7) is 0. The van der Waals surface area contributed by atoms with Crippen molar-refractivity contribution in [1.29, 1.82) is 5.26 Å². The van der Waals surface area contributed by atoms with Gasteiger partial charge in [0.15, 0.2) is 0 Å². The van der Waals surface area contributed by atoms with Crippen LogP contribution in [0.4, 0.5) is 0 Å². The summed E-state index contributed by atoms with van der Waals surface area (Å²) in [5, 5.41) is 12.4. The Labute approximate surface area is 162 Å². The lowest BCUT2D eigenvalue weighted by Gasteiger charge is -2.05. The first-order valence-electron chi connectivity index (χ1n) is 8.60. The van der Waals surface area contributed by atoms with Gasteiger partial charge in [0, 0.05) is 29.4 Å². The van der Waals surface area contributed by atoms with E-state index in [0.29, 0.717) is 5.57 Å². The summed E-state index contributed by atoms with van der Waals surface area (Å²) in [6.07, 6.45) is 1.90. The monoisotopic (exact) mass is 367 g/mol. The van der Waals surface area contributed by atoms with E-state index in [1.54, 1.807) is 0 Å². The first-order chi connectivity index (χ1) is 13.3. The Morgan fingerprint density at radius 2 is 1.63 bits per heavy atom. The molecule has 27 heavy (non-hydrogen) atoms. The van der Waals surface area contributed by atoms with E-state index >= 15 is 0 Å². The fourth-order valence-electron chi connectivity index (χ4n) is 3.00. The van der Waals surface area contributed by atoms with Crippen molar-refractivity contribution in [1.82, 2.24) is 9.55 Å². The van der Waals surface area contributed by atoms with Crippen molar-refractivity contribution in [2.75, 3.05) is 0 Å². The van der Waals surface area contributed by atoms with Crippen LogP contribution in [0, 0.1) is 11.3 Å². The van der Waals surface area contributed by atoms with Crippen LogP contribution < -0.4 is 0 Å². The molecule has 0 amide bonds. The van der Waals surface area contributed by atoms with E-state index < -0.39 is 0 Å². The predicted molar refractivity (Wildman–Crippen MR) is 112 cm³/mol. The maximum Gasteiger partial charge on any atom is 0.134 e. The van der Waals surface area contributed by atoms with Crippen LogP contribution in [0.25, 0.3) is 34.2 Å². The number of rotatable bonds is 4. The molecule has 0 spiro atoms. The van der Waals surface area contributed by atoms with E-state index in [0.717, 1.165) is 33.2 Å². The van der Waals surface area contributed by atoms with Crippen molar-refractivity contribution < 1.29 is 0 Å². The van der Waals surface area contributed by atoms with Crippen LogP contribution in [0.15, 0.2) is 78.2 Å². The molecule has 4 aromatic rings. The molecule has 0 aliphatic carbocycles. The molecule has 0 aliphatic rings. The summed E-state index contributed by atoms with van der Waals surface area (Å²) in [5.41, 5.74) is 5.77. The second-order valence-electron chi connectivity index (χ2n) is 6.14. The first-order valence-corrected chi connectivity index (χ1v) is 9.48. The van der Waals surface area contributed by atoms with Crippen molar-refractivity contribution in [2.24, 2.45) is 7.05 Å². The maximum atomic E-state index is 9.67. The average Bonchev–Trinajstić information content (AvgIpc) is 3.35. The zero-order valence-corrected chi connectivity index (χ0v) is 15.6. The van der Waals surface area contributed by atoms with Crippen molar-refractivity contribution in [3.8, 4) is 28.6 Å². The number of hydrogen-bond acceptors (Lipinski definition) is 3. The summed E-state index contributed by atoms with van der Waals surface area (Å²) < 4.78 is 2.10. The largest absolute Gasteiger partial charge is 0.344 e. The van der Waals surface area contributed by atoms with Crippen LogP contribution in [0.2, 0.25) is 0 Å². The Kier molecular flexibility index (Phi) is 4.69. The molecule has 3 nitrogen and oxygen atoms in total. The summed E-state index contributed by atoms with van der Waals surface area (Å²) in [6, 6.07) is 26.7. The second kappa shape index (κ2) is 7.45. The number of nitriles is 1. The molecule has 0 N–H and O–H groups in total. The van der Waals surface area contributed by atoms with Crippen LogP contribution in [-0.4, -0.2) is 9.55 Å². The predicted octanol–water partition coefficient (Wildman–Crippen LogP) is 5.88. The van der Waals surface area contributed by atoms with Gasteiger partial charge in [-0.05, 0) is 23.8 Å². The third-order valence-electron chi connectivity index (χ3n) is 4.45. The van der Waals surface area contributed by atoms with Gasteiger partial charge in [-0.15, -0.1) is 11.3 Å². The summed E-state index contributed by atoms with van der Waals surface area (Å²) in [4.78, 5) is 4.66. The highest BCUT2D eigenvalue weighted by molar-refractivity contribution is 7.11. The van der Waals surface area contributed by atoms with Crippen LogP contribution in [0.1, 0.15) is 10.7 Å². The van der Waals surface area contributed by atoms with Crippen molar-refractivity contribution >= 4 is 23.0 Å². The van der Waals surface area contributed by atoms with E-state index in [9.17, 15) is 5.26 Å². The number of benzene rings is 2. The summed E-state index contributed by atoms with van der Waals surface area (Å²) >= 11 is 1.49. The lowest BCUT2D eigenvalue weighted by atomic mass is 10.2. The Morgan fingerprint density at radius 3 is 2.30 bits per heavy atom. The molecule has 0 radical (unpaired) electrons. The molecule has 2 aromatic heterocycles. The van der Waals surface area contributed by atoms with Crippen LogP contribution in [0.3, 0.4) is 0 Å². The summed E-state index contributed by atoms with van der Waals surface area (Å²) in [7, 11) is 2.01. The quantitative estimate of drug-likeness (QED) is 0.423. The Morgan fingerprint density at radius 1 is 0.963 bits per heavy atom. The van der Waals surface area contributed by atoms with Gasteiger partial charge in [-0.2, -0.15) is 5.26 Å². The van der Waals surface area contributed by atoms with E-state index in [4.69, 9.17) is 0 Å². The highest BCUT2D eigenvalue weighted by atomic mass is 32.1. The van der Waals surface area contributed by atoms with Gasteiger partial charge in [0.25, 0.3) is 0 Å². The number of aromatic nitrogens is 2. The fourth-order valence-corrected chi connectivity index (χ4v) is 3.79. The minimum atomic E-state index is 0.572. The van der Waals surface area contributed by atoms with E-state index in [1.165, 1.54) is 11.3 Å². The zero-order chi connectivity index (χ0) is 18.6. The average molecular weight is 367 g/mol. The smallest absolute Gasteiger partial charge is 0.134 e. The van der Waals surface area contributed by atoms with Gasteiger partial charge < -0.3 is 4.57 Å². The number of thiazole rings is 1. The molecule has 0 fully saturated rings. The molecule has 0 saturated carbocycles. The van der Waals surface area contributed by atoms with Gasteiger partial charge in [-0.3, -0.25) is 0 Å². The Bertz CT molecular complexity index is 1130. The molecular weight excluding hydrogens is 350 g/mol. The Balaban J connectivity index is 1.68. The number of nitrogens with zero attached hydrogens (tertiary/aromatic N) is 3. The maximum absolute atomic E-state index is 9.67. The molecule has 4 rings (SSSR count). The Hall–Kier alpha value is -3.42. The highest BCUT2D eigenvalue weighted by Gasteiger charge is 2.11. The molecule has 130 valence electrons. The third kappa shape index (κ3) is 3.46. The molecule has 2 heterocycles. The first kappa shape index (κ1) is 17.0. The van der Waals surface area contributed by atoms with Gasteiger partial charge >= 0.3 is 0 Å². The van der Waals surface area contributed by atoms with Gasteiger partial charge in [0.05, 0.1) is 11.3 Å².